The van der Waals surface area contributed by atoms with Crippen LogP contribution in [0.4, 0.5) is 14.9 Å². The summed E-state index contributed by atoms with van der Waals surface area (Å²) in [6.45, 7) is 4.26. The van der Waals surface area contributed by atoms with E-state index in [9.17, 15) is 17.6 Å². The normalized spacial score (nSPS) is 11.2. The molecule has 1 aromatic heterocycles. The third-order valence-corrected chi connectivity index (χ3v) is 6.90. The van der Waals surface area contributed by atoms with E-state index in [1.54, 1.807) is 35.2 Å². The second-order valence-corrected chi connectivity index (χ2v) is 9.80. The lowest BCUT2D eigenvalue weighted by Crippen LogP contribution is -2.34. The predicted octanol–water partition coefficient (Wildman–Crippen LogP) is 6.04. The van der Waals surface area contributed by atoms with Crippen molar-refractivity contribution in [2.24, 2.45) is 0 Å². The van der Waals surface area contributed by atoms with Crippen molar-refractivity contribution in [1.29, 1.82) is 0 Å². The number of benzene rings is 3. The molecule has 4 aromatic rings. The van der Waals surface area contributed by atoms with Gasteiger partial charge < -0.3 is 18.8 Å². The average Bonchev–Trinajstić information content (AvgIpc) is 3.35. The van der Waals surface area contributed by atoms with Gasteiger partial charge in [-0.25, -0.2) is 9.18 Å². The average molecular weight is 509 g/mol. The lowest BCUT2D eigenvalue weighted by Gasteiger charge is -2.23. The molecule has 0 saturated carbocycles. The standard InChI is InChI=1S/C27H25FN2O5S/c1-19-6-3-10-26(20(19)2)29-27(31)30(18-24-9-5-15-34-24)17-21-7-4-8-23(16-21)35-36(32,33)25-13-11-22(28)12-14-25/h3-16H,17-18H2,1-2H3,(H,29,31). The Morgan fingerprint density at radius 1 is 0.972 bits per heavy atom. The molecule has 9 heteroatoms. The van der Waals surface area contributed by atoms with Gasteiger partial charge in [0.25, 0.3) is 0 Å². The highest BCUT2D eigenvalue weighted by molar-refractivity contribution is 7.87. The molecule has 7 nitrogen and oxygen atoms in total. The van der Waals surface area contributed by atoms with E-state index in [0.717, 1.165) is 35.4 Å². The number of rotatable bonds is 8. The van der Waals surface area contributed by atoms with Crippen LogP contribution in [-0.2, 0) is 23.2 Å². The van der Waals surface area contributed by atoms with Gasteiger partial charge in [-0.2, -0.15) is 8.42 Å². The smallest absolute Gasteiger partial charge is 0.339 e. The summed E-state index contributed by atoms with van der Waals surface area (Å²) in [5, 5.41) is 2.95. The highest BCUT2D eigenvalue weighted by Crippen LogP contribution is 2.23. The van der Waals surface area contributed by atoms with Crippen LogP contribution < -0.4 is 9.50 Å². The number of aryl methyl sites for hydroxylation is 1. The Bertz CT molecular complexity index is 1450. The molecule has 2 amide bonds. The van der Waals surface area contributed by atoms with Crippen LogP contribution in [0.5, 0.6) is 5.75 Å². The summed E-state index contributed by atoms with van der Waals surface area (Å²) in [7, 11) is -4.16. The molecule has 0 bridgehead atoms. The third-order valence-electron chi connectivity index (χ3n) is 5.64. The SMILES string of the molecule is Cc1cccc(NC(=O)N(Cc2cccc(OS(=O)(=O)c3ccc(F)cc3)c2)Cc2ccco2)c1C. The molecule has 3 aromatic carbocycles. The molecular formula is C27H25FN2O5S. The lowest BCUT2D eigenvalue weighted by atomic mass is 10.1. The molecule has 36 heavy (non-hydrogen) atoms. The Morgan fingerprint density at radius 3 is 2.44 bits per heavy atom. The number of amides is 2. The van der Waals surface area contributed by atoms with Crippen molar-refractivity contribution in [3.63, 3.8) is 0 Å². The molecule has 1 heterocycles. The highest BCUT2D eigenvalue weighted by atomic mass is 32.2. The minimum Gasteiger partial charge on any atom is -0.467 e. The molecule has 186 valence electrons. The number of carbonyl (C=O) groups is 1. The largest absolute Gasteiger partial charge is 0.467 e. The summed E-state index contributed by atoms with van der Waals surface area (Å²) in [6, 6.07) is 19.7. The molecule has 0 saturated heterocycles. The first-order valence-corrected chi connectivity index (χ1v) is 12.6. The van der Waals surface area contributed by atoms with Gasteiger partial charge in [0.2, 0.25) is 0 Å². The van der Waals surface area contributed by atoms with Gasteiger partial charge in [0.15, 0.2) is 0 Å². The van der Waals surface area contributed by atoms with Crippen LogP contribution in [0.1, 0.15) is 22.5 Å². The lowest BCUT2D eigenvalue weighted by molar-refractivity contribution is 0.201. The second-order valence-electron chi connectivity index (χ2n) is 8.25. The monoisotopic (exact) mass is 508 g/mol. The molecule has 0 fully saturated rings. The van der Waals surface area contributed by atoms with Crippen LogP contribution in [0, 0.1) is 19.7 Å². The first-order valence-electron chi connectivity index (χ1n) is 11.1. The van der Waals surface area contributed by atoms with Gasteiger partial charge in [-0.15, -0.1) is 0 Å². The Balaban J connectivity index is 1.55. The quantitative estimate of drug-likeness (QED) is 0.293. The van der Waals surface area contributed by atoms with Gasteiger partial charge in [-0.1, -0.05) is 24.3 Å². The summed E-state index contributed by atoms with van der Waals surface area (Å²) >= 11 is 0. The zero-order valence-corrected chi connectivity index (χ0v) is 20.6. The zero-order chi connectivity index (χ0) is 25.7. The van der Waals surface area contributed by atoms with Crippen LogP contribution in [0.15, 0.2) is 94.4 Å². The number of hydrogen-bond donors (Lipinski definition) is 1. The van der Waals surface area contributed by atoms with E-state index < -0.39 is 15.9 Å². The van der Waals surface area contributed by atoms with Gasteiger partial charge in [0, 0.05) is 12.2 Å². The van der Waals surface area contributed by atoms with E-state index in [1.807, 2.05) is 32.0 Å². The fourth-order valence-corrected chi connectivity index (χ4v) is 4.49. The molecule has 4 rings (SSSR count). The van der Waals surface area contributed by atoms with E-state index >= 15 is 0 Å². The summed E-state index contributed by atoms with van der Waals surface area (Å²) < 4.78 is 49.1. The van der Waals surface area contributed by atoms with Crippen molar-refractivity contribution < 1.29 is 26.2 Å². The summed E-state index contributed by atoms with van der Waals surface area (Å²) in [5.41, 5.74) is 3.36. The fraction of sp³-hybridized carbons (Fsp3) is 0.148. The van der Waals surface area contributed by atoms with Crippen molar-refractivity contribution in [1.82, 2.24) is 4.90 Å². The van der Waals surface area contributed by atoms with E-state index in [4.69, 9.17) is 8.60 Å². The molecule has 0 aliphatic carbocycles. The maximum atomic E-state index is 13.2. The van der Waals surface area contributed by atoms with Crippen molar-refractivity contribution in [2.45, 2.75) is 31.8 Å². The Labute approximate surface area is 209 Å². The number of hydrogen-bond acceptors (Lipinski definition) is 5. The molecule has 0 aliphatic heterocycles. The van der Waals surface area contributed by atoms with E-state index in [1.165, 1.54) is 12.3 Å². The summed E-state index contributed by atoms with van der Waals surface area (Å²) in [4.78, 5) is 14.6. The molecule has 0 unspecified atom stereocenters. The van der Waals surface area contributed by atoms with Gasteiger partial charge in [-0.3, -0.25) is 0 Å². The topological polar surface area (TPSA) is 88.9 Å². The summed E-state index contributed by atoms with van der Waals surface area (Å²) in [5.74, 6) is 0.119. The van der Waals surface area contributed by atoms with Crippen molar-refractivity contribution >= 4 is 21.8 Å². The molecule has 0 atom stereocenters. The van der Waals surface area contributed by atoms with Crippen molar-refractivity contribution in [3.8, 4) is 5.75 Å². The Kier molecular flexibility index (Phi) is 7.40. The van der Waals surface area contributed by atoms with Crippen LogP contribution >= 0.6 is 0 Å². The number of anilines is 1. The maximum Gasteiger partial charge on any atom is 0.339 e. The van der Waals surface area contributed by atoms with Crippen LogP contribution in [0.2, 0.25) is 0 Å². The van der Waals surface area contributed by atoms with Crippen LogP contribution in [0.25, 0.3) is 0 Å². The minimum absolute atomic E-state index is 0.0738. The molecule has 0 aliphatic rings. The van der Waals surface area contributed by atoms with Gasteiger partial charge in [0.1, 0.15) is 22.2 Å². The number of urea groups is 1. The van der Waals surface area contributed by atoms with Crippen molar-refractivity contribution in [2.75, 3.05) is 5.32 Å². The van der Waals surface area contributed by atoms with Crippen LogP contribution in [0.3, 0.4) is 0 Å². The minimum atomic E-state index is -4.16. The van der Waals surface area contributed by atoms with Gasteiger partial charge in [0.05, 0.1) is 12.8 Å². The molecule has 0 spiro atoms. The number of nitrogens with zero attached hydrogens (tertiary/aromatic N) is 1. The number of halogens is 1. The van der Waals surface area contributed by atoms with E-state index in [-0.39, 0.29) is 29.8 Å². The third kappa shape index (κ3) is 6.11. The van der Waals surface area contributed by atoms with E-state index in [2.05, 4.69) is 5.32 Å². The Hall–Kier alpha value is -4.11. The van der Waals surface area contributed by atoms with Crippen molar-refractivity contribution in [3.05, 3.63) is 113 Å². The highest BCUT2D eigenvalue weighted by Gasteiger charge is 2.20. The predicted molar refractivity (Wildman–Crippen MR) is 134 cm³/mol. The second kappa shape index (κ2) is 10.7. The number of carbonyl (C=O) groups excluding carboxylic acids is 1. The molecule has 0 radical (unpaired) electrons. The zero-order valence-electron chi connectivity index (χ0n) is 19.8. The van der Waals surface area contributed by atoms with Gasteiger partial charge >= 0.3 is 16.1 Å². The van der Waals surface area contributed by atoms with Gasteiger partial charge in [-0.05, 0) is 85.1 Å². The Morgan fingerprint density at radius 2 is 1.72 bits per heavy atom. The number of nitrogens with one attached hydrogen (secondary N) is 1. The first kappa shape index (κ1) is 25.0. The maximum absolute atomic E-state index is 13.2. The van der Waals surface area contributed by atoms with E-state index in [0.29, 0.717) is 17.0 Å². The molecule has 1 N–H and O–H groups in total. The first-order chi connectivity index (χ1) is 17.2. The molecular weight excluding hydrogens is 483 g/mol. The summed E-state index contributed by atoms with van der Waals surface area (Å²) in [6.07, 6.45) is 1.53. The fourth-order valence-electron chi connectivity index (χ4n) is 3.56. The van der Waals surface area contributed by atoms with Crippen LogP contribution in [-0.4, -0.2) is 19.3 Å². The number of furan rings is 1.